The zero-order valence-corrected chi connectivity index (χ0v) is 11.2. The van der Waals surface area contributed by atoms with Crippen molar-refractivity contribution < 1.29 is 17.9 Å². The molecule has 1 unspecified atom stereocenters. The Bertz CT molecular complexity index is 522. The van der Waals surface area contributed by atoms with Gasteiger partial charge in [0.1, 0.15) is 0 Å². The maximum atomic E-state index is 11.7. The van der Waals surface area contributed by atoms with Gasteiger partial charge in [0.2, 0.25) is 0 Å². The summed E-state index contributed by atoms with van der Waals surface area (Å²) in [5.41, 5.74) is 0.456. The van der Waals surface area contributed by atoms with E-state index in [1.54, 1.807) is 12.1 Å². The number of methoxy groups -OCH3 is 1. The minimum atomic E-state index is -3.71. The van der Waals surface area contributed by atoms with E-state index in [9.17, 15) is 13.2 Å². The summed E-state index contributed by atoms with van der Waals surface area (Å²) >= 11 is 0. The van der Waals surface area contributed by atoms with Crippen molar-refractivity contribution in [2.24, 2.45) is 4.40 Å². The Labute approximate surface area is 102 Å². The van der Waals surface area contributed by atoms with Crippen LogP contribution in [0.2, 0.25) is 0 Å². The van der Waals surface area contributed by atoms with Gasteiger partial charge in [-0.25, -0.2) is 4.79 Å². The van der Waals surface area contributed by atoms with Crippen LogP contribution in [0.15, 0.2) is 33.6 Å². The Morgan fingerprint density at radius 1 is 1.35 bits per heavy atom. The molecular weight excluding hydrogens is 261 g/mol. The molecule has 0 heterocycles. The van der Waals surface area contributed by atoms with Crippen LogP contribution in [0.4, 0.5) is 4.79 Å². The number of rotatable bonds is 4. The third-order valence-electron chi connectivity index (χ3n) is 1.88. The van der Waals surface area contributed by atoms with Gasteiger partial charge in [-0.1, -0.05) is 17.7 Å². The number of ether oxygens (including phenoxy) is 1. The first-order valence-electron chi connectivity index (χ1n) is 4.65. The molecule has 0 aliphatic rings. The van der Waals surface area contributed by atoms with Gasteiger partial charge in [-0.3, -0.25) is 0 Å². The smallest absolute Gasteiger partial charge is 0.328 e. The lowest BCUT2D eigenvalue weighted by Crippen LogP contribution is -1.97. The standard InChI is InChI=1S/C10H12NO4PS/c1-8-3-5-9(6-4-8)17(13,14)11-7-16-10(12)15-2/h3-7,16H,1-2H3. The van der Waals surface area contributed by atoms with E-state index >= 15 is 0 Å². The van der Waals surface area contributed by atoms with Crippen molar-refractivity contribution in [2.75, 3.05) is 7.11 Å². The Morgan fingerprint density at radius 2 is 1.94 bits per heavy atom. The quantitative estimate of drug-likeness (QED) is 0.622. The first-order valence-corrected chi connectivity index (χ1v) is 7.17. The van der Waals surface area contributed by atoms with Crippen molar-refractivity contribution in [3.05, 3.63) is 29.8 Å². The number of nitrogens with zero attached hydrogens (tertiary/aromatic N) is 1. The molecule has 0 aliphatic heterocycles. The molecule has 0 amide bonds. The van der Waals surface area contributed by atoms with E-state index in [1.165, 1.54) is 19.2 Å². The Hall–Kier alpha value is -1.26. The number of hydrogen-bond acceptors (Lipinski definition) is 4. The molecule has 0 bridgehead atoms. The van der Waals surface area contributed by atoms with E-state index in [0.717, 1.165) is 11.5 Å². The van der Waals surface area contributed by atoms with E-state index in [2.05, 4.69) is 9.13 Å². The summed E-state index contributed by atoms with van der Waals surface area (Å²) < 4.78 is 31.1. The van der Waals surface area contributed by atoms with Crippen molar-refractivity contribution in [3.63, 3.8) is 0 Å². The lowest BCUT2D eigenvalue weighted by molar-refractivity contribution is 0.200. The molecule has 0 spiro atoms. The van der Waals surface area contributed by atoms with Crippen LogP contribution in [0.5, 0.6) is 0 Å². The maximum Gasteiger partial charge on any atom is 0.328 e. The molecule has 1 aromatic rings. The summed E-state index contributed by atoms with van der Waals surface area (Å²) in [5.74, 6) is 1.06. The summed E-state index contributed by atoms with van der Waals surface area (Å²) in [5, 5.41) is 0. The first kappa shape index (κ1) is 13.8. The SMILES string of the molecule is COC(=O)PC=NS(=O)(=O)c1ccc(C)cc1. The number of carbonyl (C=O) groups is 1. The summed E-state index contributed by atoms with van der Waals surface area (Å²) in [6.07, 6.45) is 0. The average Bonchev–Trinajstić information content (AvgIpc) is 2.29. The molecule has 1 atom stereocenters. The monoisotopic (exact) mass is 273 g/mol. The van der Waals surface area contributed by atoms with Crippen molar-refractivity contribution >= 4 is 30.3 Å². The van der Waals surface area contributed by atoms with Crippen LogP contribution in [-0.2, 0) is 14.8 Å². The van der Waals surface area contributed by atoms with Crippen LogP contribution in [-0.4, -0.2) is 27.2 Å². The highest BCUT2D eigenvalue weighted by atomic mass is 32.2. The molecule has 5 nitrogen and oxygen atoms in total. The molecule has 0 radical (unpaired) electrons. The van der Waals surface area contributed by atoms with Crippen molar-refractivity contribution in [2.45, 2.75) is 11.8 Å². The van der Waals surface area contributed by atoms with Crippen molar-refractivity contribution in [1.82, 2.24) is 0 Å². The van der Waals surface area contributed by atoms with Gasteiger partial charge in [0.05, 0.1) is 12.0 Å². The third-order valence-corrected chi connectivity index (χ3v) is 4.01. The minimum absolute atomic E-state index is 0.106. The second kappa shape index (κ2) is 5.89. The van der Waals surface area contributed by atoms with E-state index in [0.29, 0.717) is 0 Å². The number of aryl methyl sites for hydroxylation is 1. The van der Waals surface area contributed by atoms with Gasteiger partial charge in [0.25, 0.3) is 10.0 Å². The third kappa shape index (κ3) is 4.24. The minimum Gasteiger partial charge on any atom is -0.466 e. The highest BCUT2D eigenvalue weighted by Gasteiger charge is 2.11. The topological polar surface area (TPSA) is 72.8 Å². The van der Waals surface area contributed by atoms with E-state index in [4.69, 9.17) is 0 Å². The molecule has 0 N–H and O–H groups in total. The van der Waals surface area contributed by atoms with E-state index in [-0.39, 0.29) is 4.90 Å². The van der Waals surface area contributed by atoms with Crippen LogP contribution in [0.25, 0.3) is 0 Å². The summed E-state index contributed by atoms with van der Waals surface area (Å²) in [6, 6.07) is 6.32. The van der Waals surface area contributed by atoms with Crippen LogP contribution < -0.4 is 0 Å². The molecule has 0 aromatic heterocycles. The van der Waals surface area contributed by atoms with Crippen LogP contribution in [0.1, 0.15) is 5.56 Å². The largest absolute Gasteiger partial charge is 0.466 e. The lowest BCUT2D eigenvalue weighted by Gasteiger charge is -1.98. The average molecular weight is 273 g/mol. The zero-order valence-electron chi connectivity index (χ0n) is 9.38. The lowest BCUT2D eigenvalue weighted by atomic mass is 10.2. The summed E-state index contributed by atoms with van der Waals surface area (Å²) in [6.45, 7) is 1.86. The predicted molar refractivity (Wildman–Crippen MR) is 67.6 cm³/mol. The Morgan fingerprint density at radius 3 is 2.47 bits per heavy atom. The summed E-state index contributed by atoms with van der Waals surface area (Å²) in [7, 11) is -2.89. The second-order valence-corrected chi connectivity index (χ2v) is 5.75. The van der Waals surface area contributed by atoms with Crippen LogP contribution in [0.3, 0.4) is 0 Å². The van der Waals surface area contributed by atoms with Crippen molar-refractivity contribution in [1.29, 1.82) is 0 Å². The van der Waals surface area contributed by atoms with Gasteiger partial charge in [-0.05, 0) is 19.1 Å². The number of benzene rings is 1. The highest BCUT2D eigenvalue weighted by molar-refractivity contribution is 7.91. The summed E-state index contributed by atoms with van der Waals surface area (Å²) in [4.78, 5) is 10.9. The van der Waals surface area contributed by atoms with Crippen LogP contribution >= 0.6 is 8.58 Å². The first-order chi connectivity index (χ1) is 7.95. The molecule has 92 valence electrons. The molecular formula is C10H12NO4PS. The molecule has 0 saturated heterocycles. The van der Waals surface area contributed by atoms with Crippen molar-refractivity contribution in [3.8, 4) is 0 Å². The second-order valence-electron chi connectivity index (χ2n) is 3.16. The molecule has 7 heteroatoms. The number of carbonyl (C=O) groups excluding carboxylic acids is 1. The van der Waals surface area contributed by atoms with Gasteiger partial charge in [0.15, 0.2) is 0 Å². The van der Waals surface area contributed by atoms with E-state index < -0.39 is 24.3 Å². The van der Waals surface area contributed by atoms with E-state index in [1.807, 2.05) is 6.92 Å². The highest BCUT2D eigenvalue weighted by Crippen LogP contribution is 2.15. The van der Waals surface area contributed by atoms with Gasteiger partial charge >= 0.3 is 5.71 Å². The molecule has 0 fully saturated rings. The zero-order chi connectivity index (χ0) is 12.9. The Kier molecular flexibility index (Phi) is 4.78. The van der Waals surface area contributed by atoms with Gasteiger partial charge in [0, 0.05) is 14.5 Å². The maximum absolute atomic E-state index is 11.7. The number of hydrogen-bond donors (Lipinski definition) is 0. The molecule has 17 heavy (non-hydrogen) atoms. The number of sulfonamides is 1. The van der Waals surface area contributed by atoms with Gasteiger partial charge < -0.3 is 4.74 Å². The fourth-order valence-corrected chi connectivity index (χ4v) is 2.57. The van der Waals surface area contributed by atoms with Gasteiger partial charge in [-0.2, -0.15) is 12.8 Å². The molecule has 1 rings (SSSR count). The Balaban J connectivity index is 2.82. The molecule has 1 aromatic carbocycles. The van der Waals surface area contributed by atoms with Crippen LogP contribution in [0, 0.1) is 6.92 Å². The fraction of sp³-hybridized carbons (Fsp3) is 0.200. The fourth-order valence-electron chi connectivity index (χ4n) is 0.978. The normalized spacial score (nSPS) is 12.4. The van der Waals surface area contributed by atoms with Gasteiger partial charge in [-0.15, -0.1) is 0 Å². The molecule has 0 saturated carbocycles. The molecule has 0 aliphatic carbocycles. The predicted octanol–water partition coefficient (Wildman–Crippen LogP) is 2.16.